The molecule has 1 heterocycles. The van der Waals surface area contributed by atoms with E-state index in [1.807, 2.05) is 0 Å². The fourth-order valence-electron chi connectivity index (χ4n) is 3.06. The van der Waals surface area contributed by atoms with E-state index in [1.54, 1.807) is 18.2 Å². The quantitative estimate of drug-likeness (QED) is 0.320. The van der Waals surface area contributed by atoms with Crippen LogP contribution in [0, 0.1) is 10.1 Å². The van der Waals surface area contributed by atoms with Crippen molar-refractivity contribution in [2.45, 2.75) is 12.8 Å². The monoisotopic (exact) mass is 411 g/mol. The molecule has 0 fully saturated rings. The number of fused-ring (bicyclic) bond motifs is 1. The summed E-state index contributed by atoms with van der Waals surface area (Å²) in [7, 11) is 1.25. The van der Waals surface area contributed by atoms with Crippen LogP contribution < -0.4 is 5.32 Å². The normalized spacial score (nSPS) is 12.5. The topological polar surface area (TPSA) is 136 Å². The third-order valence-corrected chi connectivity index (χ3v) is 4.52. The van der Waals surface area contributed by atoms with Crippen molar-refractivity contribution in [1.29, 1.82) is 0 Å². The number of hydrogen-bond donors (Lipinski definition) is 1. The van der Waals surface area contributed by atoms with E-state index < -0.39 is 22.7 Å². The fraction of sp³-hybridized carbons (Fsp3) is 0.200. The van der Waals surface area contributed by atoms with Crippen molar-refractivity contribution in [2.24, 2.45) is 0 Å². The molecule has 3 amide bonds. The Hall–Kier alpha value is -4.08. The summed E-state index contributed by atoms with van der Waals surface area (Å²) < 4.78 is 4.63. The largest absolute Gasteiger partial charge is 0.465 e. The van der Waals surface area contributed by atoms with Gasteiger partial charge in [-0.05, 0) is 30.7 Å². The molecule has 10 heteroatoms. The van der Waals surface area contributed by atoms with Crippen LogP contribution in [0.4, 0.5) is 11.4 Å². The first-order chi connectivity index (χ1) is 14.3. The minimum atomic E-state index is -0.639. The predicted molar refractivity (Wildman–Crippen MR) is 104 cm³/mol. The number of non-ortho nitro benzene ring substituents is 1. The SMILES string of the molecule is COC(=O)c1cccc(NC(=O)CCCN2C(=O)c3ccc([N+](=O)[O-])cc3C2=O)c1. The van der Waals surface area contributed by atoms with Crippen LogP contribution >= 0.6 is 0 Å². The number of methoxy groups -OCH3 is 1. The lowest BCUT2D eigenvalue weighted by Gasteiger charge is -2.13. The predicted octanol–water partition coefficient (Wildman–Crippen LogP) is 2.40. The van der Waals surface area contributed by atoms with Gasteiger partial charge in [-0.1, -0.05) is 6.07 Å². The molecule has 10 nitrogen and oxygen atoms in total. The summed E-state index contributed by atoms with van der Waals surface area (Å²) >= 11 is 0. The van der Waals surface area contributed by atoms with E-state index in [0.717, 1.165) is 11.0 Å². The molecule has 3 rings (SSSR count). The van der Waals surface area contributed by atoms with E-state index in [2.05, 4.69) is 10.1 Å². The molecular formula is C20H17N3O7. The standard InChI is InChI=1S/C20H17N3O7/c1-30-20(27)12-4-2-5-13(10-12)21-17(24)6-3-9-22-18(25)15-8-7-14(23(28)29)11-16(15)19(22)26/h2,4-5,7-8,10-11H,3,6,9H2,1H3,(H,21,24). The van der Waals surface area contributed by atoms with Gasteiger partial charge in [0, 0.05) is 30.8 Å². The summed E-state index contributed by atoms with van der Waals surface area (Å²) in [6, 6.07) is 9.74. The molecule has 154 valence electrons. The number of hydrogen-bond acceptors (Lipinski definition) is 7. The highest BCUT2D eigenvalue weighted by Gasteiger charge is 2.36. The first-order valence-corrected chi connectivity index (χ1v) is 8.94. The molecule has 0 aromatic heterocycles. The molecule has 0 saturated heterocycles. The van der Waals surface area contributed by atoms with E-state index in [4.69, 9.17) is 0 Å². The van der Waals surface area contributed by atoms with Crippen LogP contribution in [0.5, 0.6) is 0 Å². The Balaban J connectivity index is 1.57. The maximum Gasteiger partial charge on any atom is 0.337 e. The molecule has 0 atom stereocenters. The van der Waals surface area contributed by atoms with Crippen molar-refractivity contribution in [3.8, 4) is 0 Å². The molecule has 2 aromatic rings. The van der Waals surface area contributed by atoms with E-state index >= 15 is 0 Å². The highest BCUT2D eigenvalue weighted by Crippen LogP contribution is 2.27. The van der Waals surface area contributed by atoms with E-state index in [1.165, 1.54) is 25.3 Å². The zero-order chi connectivity index (χ0) is 21.8. The number of benzene rings is 2. The Morgan fingerprint density at radius 3 is 2.53 bits per heavy atom. The number of carbonyl (C=O) groups is 4. The maximum absolute atomic E-state index is 12.4. The number of nitro groups is 1. The van der Waals surface area contributed by atoms with Gasteiger partial charge in [-0.2, -0.15) is 0 Å². The molecule has 0 bridgehead atoms. The zero-order valence-corrected chi connectivity index (χ0v) is 15.9. The van der Waals surface area contributed by atoms with Crippen molar-refractivity contribution in [3.63, 3.8) is 0 Å². The van der Waals surface area contributed by atoms with Gasteiger partial charge in [-0.3, -0.25) is 29.4 Å². The fourth-order valence-corrected chi connectivity index (χ4v) is 3.06. The first-order valence-electron chi connectivity index (χ1n) is 8.94. The van der Waals surface area contributed by atoms with Crippen LogP contribution in [-0.2, 0) is 9.53 Å². The zero-order valence-electron chi connectivity index (χ0n) is 15.9. The van der Waals surface area contributed by atoms with Gasteiger partial charge in [0.2, 0.25) is 5.91 Å². The van der Waals surface area contributed by atoms with Crippen LogP contribution in [0.25, 0.3) is 0 Å². The Kier molecular flexibility index (Phi) is 5.86. The Bertz CT molecular complexity index is 1060. The smallest absolute Gasteiger partial charge is 0.337 e. The van der Waals surface area contributed by atoms with Gasteiger partial charge in [0.05, 0.1) is 28.7 Å². The minimum Gasteiger partial charge on any atom is -0.465 e. The maximum atomic E-state index is 12.4. The number of anilines is 1. The third kappa shape index (κ3) is 4.17. The van der Waals surface area contributed by atoms with E-state index in [0.29, 0.717) is 5.69 Å². The Morgan fingerprint density at radius 2 is 1.83 bits per heavy atom. The number of rotatable bonds is 7. The molecule has 30 heavy (non-hydrogen) atoms. The summed E-state index contributed by atoms with van der Waals surface area (Å²) in [5.74, 6) is -2.05. The van der Waals surface area contributed by atoms with Crippen LogP contribution in [-0.4, -0.2) is 47.2 Å². The molecule has 1 N–H and O–H groups in total. The van der Waals surface area contributed by atoms with E-state index in [9.17, 15) is 29.3 Å². The van der Waals surface area contributed by atoms with Crippen LogP contribution in [0.1, 0.15) is 43.9 Å². The highest BCUT2D eigenvalue weighted by atomic mass is 16.6. The van der Waals surface area contributed by atoms with E-state index in [-0.39, 0.29) is 47.7 Å². The summed E-state index contributed by atoms with van der Waals surface area (Å²) in [6.07, 6.45) is 0.228. The Morgan fingerprint density at radius 1 is 1.10 bits per heavy atom. The molecule has 0 spiro atoms. The molecule has 0 aliphatic carbocycles. The summed E-state index contributed by atoms with van der Waals surface area (Å²) in [6.45, 7) is -0.00420. The summed E-state index contributed by atoms with van der Waals surface area (Å²) in [5.41, 5.74) is 0.518. The molecule has 0 saturated carbocycles. The number of carbonyl (C=O) groups excluding carboxylic acids is 4. The minimum absolute atomic E-state index is 0.00420. The molecular weight excluding hydrogens is 394 g/mol. The molecule has 0 unspecified atom stereocenters. The van der Waals surface area contributed by atoms with Crippen LogP contribution in [0.2, 0.25) is 0 Å². The number of nitro benzene ring substituents is 1. The van der Waals surface area contributed by atoms with Gasteiger partial charge in [-0.15, -0.1) is 0 Å². The Labute approximate surface area is 170 Å². The van der Waals surface area contributed by atoms with Crippen molar-refractivity contribution in [1.82, 2.24) is 4.90 Å². The second-order valence-corrected chi connectivity index (χ2v) is 6.47. The lowest BCUT2D eigenvalue weighted by molar-refractivity contribution is -0.384. The third-order valence-electron chi connectivity index (χ3n) is 4.52. The number of esters is 1. The first kappa shape index (κ1) is 20.6. The van der Waals surface area contributed by atoms with Gasteiger partial charge in [0.25, 0.3) is 17.5 Å². The van der Waals surface area contributed by atoms with Gasteiger partial charge < -0.3 is 10.1 Å². The highest BCUT2D eigenvalue weighted by molar-refractivity contribution is 6.21. The average molecular weight is 411 g/mol. The van der Waals surface area contributed by atoms with Gasteiger partial charge in [0.15, 0.2) is 0 Å². The van der Waals surface area contributed by atoms with Crippen molar-refractivity contribution in [3.05, 3.63) is 69.3 Å². The number of amides is 3. The lowest BCUT2D eigenvalue weighted by Crippen LogP contribution is -2.31. The van der Waals surface area contributed by atoms with Gasteiger partial charge in [0.1, 0.15) is 0 Å². The second-order valence-electron chi connectivity index (χ2n) is 6.47. The van der Waals surface area contributed by atoms with Crippen molar-refractivity contribution in [2.75, 3.05) is 19.0 Å². The molecule has 1 aliphatic heterocycles. The summed E-state index contributed by atoms with van der Waals surface area (Å²) in [4.78, 5) is 59.7. The number of nitrogens with zero attached hydrogens (tertiary/aromatic N) is 2. The lowest BCUT2D eigenvalue weighted by atomic mass is 10.1. The molecule has 1 aliphatic rings. The van der Waals surface area contributed by atoms with Gasteiger partial charge >= 0.3 is 5.97 Å². The van der Waals surface area contributed by atoms with Crippen LogP contribution in [0.3, 0.4) is 0 Å². The number of imide groups is 1. The van der Waals surface area contributed by atoms with Crippen molar-refractivity contribution >= 4 is 35.1 Å². The second kappa shape index (κ2) is 8.52. The summed E-state index contributed by atoms with van der Waals surface area (Å²) in [5, 5.41) is 13.5. The average Bonchev–Trinajstić information content (AvgIpc) is 2.97. The van der Waals surface area contributed by atoms with Crippen LogP contribution in [0.15, 0.2) is 42.5 Å². The molecule has 2 aromatic carbocycles. The number of ether oxygens (including phenoxy) is 1. The van der Waals surface area contributed by atoms with Crippen molar-refractivity contribution < 1.29 is 28.8 Å². The number of nitrogens with one attached hydrogen (secondary N) is 1. The molecule has 0 radical (unpaired) electrons. The van der Waals surface area contributed by atoms with Gasteiger partial charge in [-0.25, -0.2) is 4.79 Å².